The number of carbonyl (C=O) groups excluding carboxylic acids is 3. The molecule has 56 heavy (non-hydrogen) atoms. The van der Waals surface area contributed by atoms with E-state index >= 15 is 0 Å². The molecule has 2 aliphatic carbocycles. The van der Waals surface area contributed by atoms with Gasteiger partial charge in [-0.1, -0.05) is 68.4 Å². The van der Waals surface area contributed by atoms with Gasteiger partial charge in [0.15, 0.2) is 0 Å². The molecule has 3 aliphatic heterocycles. The van der Waals surface area contributed by atoms with Crippen LogP contribution in [0.4, 0.5) is 4.79 Å². The first-order valence-corrected chi connectivity index (χ1v) is 20.0. The fourth-order valence-corrected chi connectivity index (χ4v) is 9.71. The molecule has 3 N–H and O–H groups in total. The molecule has 6 atom stereocenters. The Morgan fingerprint density at radius 3 is 2.12 bits per heavy atom. The number of hydrogen-bond donors (Lipinski definition) is 3. The number of nitrogens with one attached hydrogen (secondary N) is 3. The number of methoxy groups -OCH3 is 1. The number of nitrogens with zero attached hydrogens (tertiary/aromatic N) is 3. The summed E-state index contributed by atoms with van der Waals surface area (Å²) in [5.74, 6) is 0.743. The smallest absolute Gasteiger partial charge is 0.407 e. The van der Waals surface area contributed by atoms with Gasteiger partial charge in [0.1, 0.15) is 6.04 Å². The maximum atomic E-state index is 13.6. The number of aromatic amines is 1. The van der Waals surface area contributed by atoms with Crippen LogP contribution in [0.1, 0.15) is 75.5 Å². The lowest BCUT2D eigenvalue weighted by molar-refractivity contribution is -0.134. The van der Waals surface area contributed by atoms with E-state index in [0.717, 1.165) is 77.8 Å². The predicted octanol–water partition coefficient (Wildman–Crippen LogP) is 6.76. The molecule has 5 aliphatic rings. The molecular formula is C45H50N6O5. The minimum Gasteiger partial charge on any atom is -0.453 e. The molecule has 11 nitrogen and oxygen atoms in total. The third kappa shape index (κ3) is 7.39. The molecular weight excluding hydrogens is 705 g/mol. The van der Waals surface area contributed by atoms with Crippen LogP contribution in [0.15, 0.2) is 94.0 Å². The van der Waals surface area contributed by atoms with Gasteiger partial charge in [0.25, 0.3) is 5.56 Å². The Balaban J connectivity index is 0.864. The second kappa shape index (κ2) is 15.9. The number of ether oxygens (including phenoxy) is 1. The highest BCUT2D eigenvalue weighted by atomic mass is 16.5. The van der Waals surface area contributed by atoms with E-state index in [2.05, 4.69) is 64.1 Å². The summed E-state index contributed by atoms with van der Waals surface area (Å²) in [5.41, 5.74) is 9.28. The Hall–Kier alpha value is -5.58. The molecule has 3 unspecified atom stereocenters. The van der Waals surface area contributed by atoms with E-state index in [0.29, 0.717) is 30.4 Å². The monoisotopic (exact) mass is 754 g/mol. The number of pyridine rings is 1. The molecule has 2 saturated carbocycles. The van der Waals surface area contributed by atoms with Gasteiger partial charge in [-0.2, -0.15) is 0 Å². The van der Waals surface area contributed by atoms with Crippen molar-refractivity contribution in [3.05, 3.63) is 106 Å². The molecule has 0 spiro atoms. The van der Waals surface area contributed by atoms with Gasteiger partial charge in [0, 0.05) is 73.4 Å². The lowest BCUT2D eigenvalue weighted by atomic mass is 9.75. The first-order chi connectivity index (χ1) is 27.2. The molecule has 0 radical (unpaired) electrons. The van der Waals surface area contributed by atoms with Crippen LogP contribution in [0.25, 0.3) is 22.3 Å². The van der Waals surface area contributed by atoms with Crippen LogP contribution in [0.3, 0.4) is 0 Å². The van der Waals surface area contributed by atoms with E-state index < -0.39 is 12.1 Å². The summed E-state index contributed by atoms with van der Waals surface area (Å²) in [5, 5.41) is 5.79. The predicted molar refractivity (Wildman–Crippen MR) is 218 cm³/mol. The number of alkyl carbamates (subject to hydrolysis) is 1. The van der Waals surface area contributed by atoms with Crippen molar-refractivity contribution in [2.75, 3.05) is 13.7 Å². The number of amides is 3. The summed E-state index contributed by atoms with van der Waals surface area (Å²) in [4.78, 5) is 65.5. The van der Waals surface area contributed by atoms with Crippen LogP contribution in [0.2, 0.25) is 0 Å². The zero-order valence-corrected chi connectivity index (χ0v) is 32.3. The minimum absolute atomic E-state index is 0.0349. The van der Waals surface area contributed by atoms with Gasteiger partial charge in [-0.3, -0.25) is 24.4 Å². The zero-order chi connectivity index (χ0) is 38.9. The van der Waals surface area contributed by atoms with E-state index in [4.69, 9.17) is 14.7 Å². The molecule has 3 aromatic rings. The molecule has 2 aromatic carbocycles. The van der Waals surface area contributed by atoms with Crippen LogP contribution in [-0.4, -0.2) is 65.0 Å². The SMILES string of the molecule is COC(=O)N[C@H](C(=O)N1CCC[C@H]1C1=NC=C(c2ccc(-c3ccc(C4=CN=C(C5C6CCC(C6)[C@@H]5C(=O)NCc5ccc[nH]c5=O)C4)cc3)cc2)C1)C(C)C. The molecule has 2 bridgehead atoms. The average Bonchev–Trinajstić information content (AvgIpc) is 4.08. The van der Waals surface area contributed by atoms with Crippen LogP contribution in [0.5, 0.6) is 0 Å². The molecule has 4 heterocycles. The Morgan fingerprint density at radius 2 is 1.48 bits per heavy atom. The van der Waals surface area contributed by atoms with Crippen molar-refractivity contribution >= 4 is 40.5 Å². The number of likely N-dealkylation sites (tertiary alicyclic amines) is 1. The number of aliphatic imine (C=N–C) groups is 2. The van der Waals surface area contributed by atoms with Crippen LogP contribution >= 0.6 is 0 Å². The summed E-state index contributed by atoms with van der Waals surface area (Å²) in [7, 11) is 1.30. The summed E-state index contributed by atoms with van der Waals surface area (Å²) in [6.45, 7) is 4.72. The highest BCUT2D eigenvalue weighted by molar-refractivity contribution is 6.04. The van der Waals surface area contributed by atoms with Crippen molar-refractivity contribution < 1.29 is 19.1 Å². The lowest BCUT2D eigenvalue weighted by Gasteiger charge is -2.31. The largest absolute Gasteiger partial charge is 0.453 e. The topological polar surface area (TPSA) is 145 Å². The summed E-state index contributed by atoms with van der Waals surface area (Å²) in [6.07, 6.45) is 11.4. The standard InChI is InChI=1S/C45H50N6O5/c1-26(2)41(50-45(55)56-3)44(54)51-19-5-7-38(51)36-21-34(24-47-36)29-12-8-27(9-13-29)28-10-14-30(15-11-28)35-22-37(48-25-35)39-31-16-17-32(20-31)40(39)43(53)49-23-33-6-4-18-46-42(33)52/h4,6,8-15,18,24-26,31-32,38-41H,5,7,16-17,19-23H2,1-3H3,(H,46,52)(H,49,53)(H,50,55)/t31?,32?,38-,39?,40-,41-/m0/s1. The highest BCUT2D eigenvalue weighted by Gasteiger charge is 2.52. The third-order valence-electron chi connectivity index (χ3n) is 12.6. The number of carbonyl (C=O) groups is 3. The fraction of sp³-hybridized carbons (Fsp3) is 0.422. The quantitative estimate of drug-likeness (QED) is 0.198. The van der Waals surface area contributed by atoms with Crippen LogP contribution < -0.4 is 16.2 Å². The maximum Gasteiger partial charge on any atom is 0.407 e. The number of hydrogen-bond acceptors (Lipinski definition) is 7. The summed E-state index contributed by atoms with van der Waals surface area (Å²) < 4.78 is 4.77. The van der Waals surface area contributed by atoms with Crippen molar-refractivity contribution in [2.24, 2.45) is 39.6 Å². The van der Waals surface area contributed by atoms with Crippen molar-refractivity contribution in [1.82, 2.24) is 20.5 Å². The molecule has 290 valence electrons. The average molecular weight is 755 g/mol. The van der Waals surface area contributed by atoms with Gasteiger partial charge in [0.05, 0.1) is 13.2 Å². The van der Waals surface area contributed by atoms with E-state index in [1.54, 1.807) is 18.3 Å². The molecule has 8 rings (SSSR count). The van der Waals surface area contributed by atoms with Gasteiger partial charge < -0.3 is 25.3 Å². The van der Waals surface area contributed by atoms with Crippen molar-refractivity contribution in [3.63, 3.8) is 0 Å². The van der Waals surface area contributed by atoms with Gasteiger partial charge in [-0.25, -0.2) is 4.79 Å². The van der Waals surface area contributed by atoms with Gasteiger partial charge in [-0.15, -0.1) is 0 Å². The normalized spacial score (nSPS) is 24.4. The van der Waals surface area contributed by atoms with Gasteiger partial charge in [0.2, 0.25) is 11.8 Å². The van der Waals surface area contributed by atoms with E-state index in [1.165, 1.54) is 12.7 Å². The van der Waals surface area contributed by atoms with Gasteiger partial charge >= 0.3 is 6.09 Å². The third-order valence-corrected chi connectivity index (χ3v) is 12.6. The Bertz CT molecular complexity index is 2180. The number of fused-ring (bicyclic) bond motifs is 2. The van der Waals surface area contributed by atoms with E-state index in [-0.39, 0.29) is 47.7 Å². The first-order valence-electron chi connectivity index (χ1n) is 20.0. The lowest BCUT2D eigenvalue weighted by Crippen LogP contribution is -2.53. The summed E-state index contributed by atoms with van der Waals surface area (Å²) >= 11 is 0. The number of rotatable bonds is 11. The second-order valence-electron chi connectivity index (χ2n) is 16.2. The molecule has 1 aromatic heterocycles. The molecule has 3 fully saturated rings. The number of aromatic nitrogens is 1. The summed E-state index contributed by atoms with van der Waals surface area (Å²) in [6, 6.07) is 20.0. The number of allylic oxidation sites excluding steroid dienone is 2. The van der Waals surface area contributed by atoms with Crippen molar-refractivity contribution in [1.29, 1.82) is 0 Å². The van der Waals surface area contributed by atoms with E-state index in [9.17, 15) is 19.2 Å². The Morgan fingerprint density at radius 1 is 0.857 bits per heavy atom. The highest BCUT2D eigenvalue weighted by Crippen LogP contribution is 2.54. The zero-order valence-electron chi connectivity index (χ0n) is 32.3. The van der Waals surface area contributed by atoms with Crippen molar-refractivity contribution in [2.45, 2.75) is 77.4 Å². The van der Waals surface area contributed by atoms with E-state index in [1.807, 2.05) is 31.1 Å². The van der Waals surface area contributed by atoms with Crippen LogP contribution in [0, 0.1) is 29.6 Å². The molecule has 1 saturated heterocycles. The Kier molecular flexibility index (Phi) is 10.6. The van der Waals surface area contributed by atoms with Crippen LogP contribution in [-0.2, 0) is 20.9 Å². The van der Waals surface area contributed by atoms with Gasteiger partial charge in [-0.05, 0) is 89.3 Å². The Labute approximate surface area is 327 Å². The number of H-pyrrole nitrogens is 1. The first kappa shape index (κ1) is 37.3. The molecule has 11 heteroatoms. The fourth-order valence-electron chi connectivity index (χ4n) is 9.71. The minimum atomic E-state index is -0.652. The molecule has 3 amide bonds. The van der Waals surface area contributed by atoms with Crippen molar-refractivity contribution in [3.8, 4) is 11.1 Å². The number of benzene rings is 2. The maximum absolute atomic E-state index is 13.6. The second-order valence-corrected chi connectivity index (χ2v) is 16.2.